The van der Waals surface area contributed by atoms with Gasteiger partial charge in [0, 0.05) is 12.1 Å². The van der Waals surface area contributed by atoms with Gasteiger partial charge in [0.25, 0.3) is 5.91 Å². The van der Waals surface area contributed by atoms with Crippen LogP contribution in [0.2, 0.25) is 0 Å². The highest BCUT2D eigenvalue weighted by Crippen LogP contribution is 2.42. The lowest BCUT2D eigenvalue weighted by Crippen LogP contribution is -2.52. The SMILES string of the molecule is C=C/C=C\C(=C)C(=O)CN1C(=O)N(CC)C(C)(C2CCCC2)C1=O. The van der Waals surface area contributed by atoms with Crippen LogP contribution in [-0.4, -0.2) is 46.1 Å². The van der Waals surface area contributed by atoms with Crippen LogP contribution < -0.4 is 0 Å². The molecule has 0 aromatic carbocycles. The molecule has 1 heterocycles. The number of carbonyl (C=O) groups is 3. The fraction of sp³-hybridized carbons (Fsp3) is 0.526. The monoisotopic (exact) mass is 330 g/mol. The largest absolute Gasteiger partial charge is 0.328 e. The molecule has 0 aromatic rings. The molecule has 2 rings (SSSR count). The summed E-state index contributed by atoms with van der Waals surface area (Å²) in [4.78, 5) is 40.7. The van der Waals surface area contributed by atoms with Gasteiger partial charge >= 0.3 is 6.03 Å². The molecule has 2 fully saturated rings. The van der Waals surface area contributed by atoms with Gasteiger partial charge in [-0.05, 0) is 32.6 Å². The number of urea groups is 1. The van der Waals surface area contributed by atoms with Gasteiger partial charge in [0.2, 0.25) is 0 Å². The van der Waals surface area contributed by atoms with E-state index in [1.807, 2.05) is 13.8 Å². The molecule has 1 saturated heterocycles. The van der Waals surface area contributed by atoms with Crippen LogP contribution in [0, 0.1) is 5.92 Å². The Balaban J connectivity index is 2.22. The Bertz CT molecular complexity index is 602. The molecule has 1 unspecified atom stereocenters. The second-order valence-electron chi connectivity index (χ2n) is 6.59. The highest BCUT2D eigenvalue weighted by molar-refractivity contribution is 6.11. The first-order valence-corrected chi connectivity index (χ1v) is 8.52. The average Bonchev–Trinajstić information content (AvgIpc) is 3.16. The molecule has 0 N–H and O–H groups in total. The van der Waals surface area contributed by atoms with Crippen molar-refractivity contribution in [3.05, 3.63) is 37.0 Å². The van der Waals surface area contributed by atoms with E-state index in [-0.39, 0.29) is 35.8 Å². The minimum Gasteiger partial charge on any atom is -0.310 e. The van der Waals surface area contributed by atoms with Gasteiger partial charge in [-0.15, -0.1) is 0 Å². The first kappa shape index (κ1) is 18.2. The Morgan fingerprint density at radius 1 is 1.33 bits per heavy atom. The lowest BCUT2D eigenvalue weighted by molar-refractivity contribution is -0.136. The molecule has 0 aromatic heterocycles. The number of nitrogens with zero attached hydrogens (tertiary/aromatic N) is 2. The maximum absolute atomic E-state index is 13.0. The van der Waals surface area contributed by atoms with Crippen molar-refractivity contribution in [1.82, 2.24) is 9.80 Å². The Kier molecular flexibility index (Phi) is 5.42. The van der Waals surface area contributed by atoms with Crippen LogP contribution in [0.5, 0.6) is 0 Å². The third kappa shape index (κ3) is 2.95. The summed E-state index contributed by atoms with van der Waals surface area (Å²) in [5.41, 5.74) is -0.575. The topological polar surface area (TPSA) is 57.7 Å². The number of likely N-dealkylation sites (N-methyl/N-ethyl adjacent to an activating group) is 1. The molecule has 2 aliphatic rings. The van der Waals surface area contributed by atoms with Crippen molar-refractivity contribution in [2.24, 2.45) is 5.92 Å². The van der Waals surface area contributed by atoms with Gasteiger partial charge in [0.05, 0.1) is 6.54 Å². The summed E-state index contributed by atoms with van der Waals surface area (Å²) in [5.74, 6) is -0.422. The molecule has 0 spiro atoms. The summed E-state index contributed by atoms with van der Waals surface area (Å²) < 4.78 is 0. The molecule has 130 valence electrons. The van der Waals surface area contributed by atoms with Gasteiger partial charge < -0.3 is 4.90 Å². The van der Waals surface area contributed by atoms with Crippen molar-refractivity contribution in [2.45, 2.75) is 45.1 Å². The molecular formula is C19H26N2O3. The number of rotatable bonds is 7. The first-order valence-electron chi connectivity index (χ1n) is 8.52. The molecule has 1 atom stereocenters. The summed E-state index contributed by atoms with van der Waals surface area (Å²) in [5, 5.41) is 0. The highest BCUT2D eigenvalue weighted by Gasteiger charge is 2.57. The zero-order valence-corrected chi connectivity index (χ0v) is 14.6. The standard InChI is InChI=1S/C19H26N2O3/c1-5-7-10-14(3)16(22)13-20-17(23)19(4,15-11-8-9-12-15)21(6-2)18(20)24/h5,7,10,15H,1,3,6,8-9,11-13H2,2,4H3/b10-7-. The van der Waals surface area contributed by atoms with Crippen molar-refractivity contribution in [1.29, 1.82) is 0 Å². The summed E-state index contributed by atoms with van der Waals surface area (Å²) in [6.07, 6.45) is 8.75. The Labute approximate surface area is 143 Å². The molecule has 0 bridgehead atoms. The van der Waals surface area contributed by atoms with Gasteiger partial charge in [0.15, 0.2) is 5.78 Å². The number of hydrogen-bond acceptors (Lipinski definition) is 3. The van der Waals surface area contributed by atoms with Crippen LogP contribution in [0.1, 0.15) is 39.5 Å². The van der Waals surface area contributed by atoms with Crippen LogP contribution in [-0.2, 0) is 9.59 Å². The minimum absolute atomic E-state index is 0.165. The van der Waals surface area contributed by atoms with Gasteiger partial charge in [-0.3, -0.25) is 14.5 Å². The second kappa shape index (κ2) is 7.16. The summed E-state index contributed by atoms with van der Waals surface area (Å²) >= 11 is 0. The van der Waals surface area contributed by atoms with Gasteiger partial charge in [-0.2, -0.15) is 0 Å². The predicted molar refractivity (Wildman–Crippen MR) is 93.3 cm³/mol. The zero-order valence-electron chi connectivity index (χ0n) is 14.6. The Hall–Kier alpha value is -2.17. The molecule has 1 saturated carbocycles. The van der Waals surface area contributed by atoms with E-state index >= 15 is 0 Å². The summed E-state index contributed by atoms with van der Waals surface area (Å²) in [6, 6.07) is -0.370. The number of Topliss-reactive ketones (excluding diaryl/α,β-unsaturated/α-hetero) is 1. The maximum Gasteiger partial charge on any atom is 0.328 e. The van der Waals surface area contributed by atoms with E-state index in [4.69, 9.17) is 0 Å². The predicted octanol–water partition coefficient (Wildman–Crippen LogP) is 3.09. The van der Waals surface area contributed by atoms with Crippen molar-refractivity contribution >= 4 is 17.7 Å². The summed E-state index contributed by atoms with van der Waals surface area (Å²) in [6.45, 7) is 11.2. The molecule has 5 heteroatoms. The number of hydrogen-bond donors (Lipinski definition) is 0. The number of ketones is 1. The van der Waals surface area contributed by atoms with Gasteiger partial charge in [0.1, 0.15) is 5.54 Å². The molecule has 24 heavy (non-hydrogen) atoms. The van der Waals surface area contributed by atoms with Gasteiger partial charge in [-0.25, -0.2) is 4.79 Å². The first-order chi connectivity index (χ1) is 11.4. The van der Waals surface area contributed by atoms with Crippen molar-refractivity contribution in [3.63, 3.8) is 0 Å². The number of allylic oxidation sites excluding steroid dienone is 3. The lowest BCUT2D eigenvalue weighted by Gasteiger charge is -2.36. The number of carbonyl (C=O) groups excluding carboxylic acids is 3. The Morgan fingerprint density at radius 3 is 2.50 bits per heavy atom. The minimum atomic E-state index is -0.832. The summed E-state index contributed by atoms with van der Waals surface area (Å²) in [7, 11) is 0. The lowest BCUT2D eigenvalue weighted by atomic mass is 9.83. The smallest absolute Gasteiger partial charge is 0.310 e. The maximum atomic E-state index is 13.0. The molecule has 1 aliphatic heterocycles. The van der Waals surface area contributed by atoms with Crippen LogP contribution >= 0.6 is 0 Å². The fourth-order valence-corrected chi connectivity index (χ4v) is 3.83. The second-order valence-corrected chi connectivity index (χ2v) is 6.59. The molecule has 5 nitrogen and oxygen atoms in total. The molecular weight excluding hydrogens is 304 g/mol. The highest BCUT2D eigenvalue weighted by atomic mass is 16.2. The van der Waals surface area contributed by atoms with Crippen molar-refractivity contribution < 1.29 is 14.4 Å². The normalized spacial score (nSPS) is 25.1. The zero-order chi connectivity index (χ0) is 17.9. The van der Waals surface area contributed by atoms with E-state index in [1.54, 1.807) is 17.1 Å². The third-order valence-corrected chi connectivity index (χ3v) is 5.26. The van der Waals surface area contributed by atoms with E-state index in [0.29, 0.717) is 6.54 Å². The van der Waals surface area contributed by atoms with E-state index in [0.717, 1.165) is 30.6 Å². The quantitative estimate of drug-likeness (QED) is 0.409. The number of amides is 3. The van der Waals surface area contributed by atoms with Crippen molar-refractivity contribution in [3.8, 4) is 0 Å². The molecule has 0 radical (unpaired) electrons. The van der Waals surface area contributed by atoms with E-state index in [1.165, 1.54) is 6.08 Å². The molecule has 3 amide bonds. The van der Waals surface area contributed by atoms with Gasteiger partial charge in [-0.1, -0.05) is 44.2 Å². The van der Waals surface area contributed by atoms with E-state index < -0.39 is 5.54 Å². The van der Waals surface area contributed by atoms with E-state index in [9.17, 15) is 14.4 Å². The van der Waals surface area contributed by atoms with Crippen LogP contribution in [0.3, 0.4) is 0 Å². The molecule has 1 aliphatic carbocycles. The Morgan fingerprint density at radius 2 is 1.96 bits per heavy atom. The van der Waals surface area contributed by atoms with Crippen molar-refractivity contribution in [2.75, 3.05) is 13.1 Å². The fourth-order valence-electron chi connectivity index (χ4n) is 3.83. The van der Waals surface area contributed by atoms with E-state index in [2.05, 4.69) is 13.2 Å². The van der Waals surface area contributed by atoms with Crippen LogP contribution in [0.4, 0.5) is 4.79 Å². The number of imide groups is 1. The van der Waals surface area contributed by atoms with Crippen LogP contribution in [0.25, 0.3) is 0 Å². The third-order valence-electron chi connectivity index (χ3n) is 5.26. The average molecular weight is 330 g/mol. The van der Waals surface area contributed by atoms with Crippen LogP contribution in [0.15, 0.2) is 37.0 Å².